The number of nitrogens with two attached hydrogens (primary N) is 1. The summed E-state index contributed by atoms with van der Waals surface area (Å²) in [5.41, 5.74) is 5.65. The summed E-state index contributed by atoms with van der Waals surface area (Å²) in [6, 6.07) is 13.0. The summed E-state index contributed by atoms with van der Waals surface area (Å²) in [6.45, 7) is 0. The van der Waals surface area contributed by atoms with Crippen molar-refractivity contribution in [2.24, 2.45) is 5.73 Å². The highest BCUT2D eigenvalue weighted by molar-refractivity contribution is 6.12. The average Bonchev–Trinajstić information content (AvgIpc) is 2.27. The molecule has 0 spiro atoms. The fourth-order valence-corrected chi connectivity index (χ4v) is 1.61. The third kappa shape index (κ3) is 1.86. The zero-order valence-corrected chi connectivity index (χ0v) is 8.53. The topological polar surface area (TPSA) is 79.0 Å². The standard InChI is InChI=1S/C12H11N3O/c13-12(14)15-11(16)10-7-3-5-8-4-1-2-6-9(8)10/h1-7H,(H4,13,14,15,16). The number of fused-ring (bicyclic) bond motifs is 1. The van der Waals surface area contributed by atoms with Gasteiger partial charge in [-0.25, -0.2) is 0 Å². The lowest BCUT2D eigenvalue weighted by Crippen LogP contribution is -2.35. The van der Waals surface area contributed by atoms with E-state index >= 15 is 0 Å². The van der Waals surface area contributed by atoms with Crippen molar-refractivity contribution in [3.8, 4) is 0 Å². The predicted octanol–water partition coefficient (Wildman–Crippen LogP) is 1.46. The molecule has 4 heteroatoms. The van der Waals surface area contributed by atoms with Crippen LogP contribution in [0.15, 0.2) is 42.5 Å². The molecule has 0 aliphatic heterocycles. The third-order valence-corrected chi connectivity index (χ3v) is 2.28. The predicted molar refractivity (Wildman–Crippen MR) is 63.3 cm³/mol. The molecule has 0 saturated heterocycles. The molecule has 2 rings (SSSR count). The molecular formula is C12H11N3O. The van der Waals surface area contributed by atoms with Crippen LogP contribution in [-0.4, -0.2) is 11.9 Å². The molecule has 0 bridgehead atoms. The number of benzene rings is 2. The molecule has 0 atom stereocenters. The molecular weight excluding hydrogens is 202 g/mol. The van der Waals surface area contributed by atoms with E-state index in [0.29, 0.717) is 5.56 Å². The van der Waals surface area contributed by atoms with Crippen molar-refractivity contribution >= 4 is 22.6 Å². The van der Waals surface area contributed by atoms with Crippen LogP contribution in [0, 0.1) is 5.41 Å². The van der Waals surface area contributed by atoms with E-state index in [-0.39, 0.29) is 11.9 Å². The van der Waals surface area contributed by atoms with E-state index in [0.717, 1.165) is 10.8 Å². The first-order valence-electron chi connectivity index (χ1n) is 4.81. The van der Waals surface area contributed by atoms with Crippen LogP contribution in [0.5, 0.6) is 0 Å². The minimum atomic E-state index is -0.357. The minimum absolute atomic E-state index is 0.349. The maximum absolute atomic E-state index is 11.7. The maximum Gasteiger partial charge on any atom is 0.258 e. The molecule has 0 heterocycles. The van der Waals surface area contributed by atoms with Crippen molar-refractivity contribution in [2.45, 2.75) is 0 Å². The van der Waals surface area contributed by atoms with Gasteiger partial charge >= 0.3 is 0 Å². The normalized spacial score (nSPS) is 10.0. The lowest BCUT2D eigenvalue weighted by molar-refractivity contribution is 0.0978. The van der Waals surface area contributed by atoms with Crippen LogP contribution in [0.2, 0.25) is 0 Å². The van der Waals surface area contributed by atoms with Gasteiger partial charge in [0.05, 0.1) is 0 Å². The molecule has 4 N–H and O–H groups in total. The lowest BCUT2D eigenvalue weighted by atomic mass is 10.0. The van der Waals surface area contributed by atoms with Gasteiger partial charge in [0.2, 0.25) is 0 Å². The zero-order chi connectivity index (χ0) is 11.5. The van der Waals surface area contributed by atoms with Gasteiger partial charge in [0.1, 0.15) is 0 Å². The summed E-state index contributed by atoms with van der Waals surface area (Å²) in [5, 5.41) is 11.1. The fraction of sp³-hybridized carbons (Fsp3) is 0. The number of carbonyl (C=O) groups excluding carboxylic acids is 1. The van der Waals surface area contributed by atoms with Crippen molar-refractivity contribution in [2.75, 3.05) is 0 Å². The summed E-state index contributed by atoms with van der Waals surface area (Å²) < 4.78 is 0. The van der Waals surface area contributed by atoms with E-state index < -0.39 is 0 Å². The Morgan fingerprint density at radius 3 is 2.56 bits per heavy atom. The smallest absolute Gasteiger partial charge is 0.258 e. The molecule has 0 saturated carbocycles. The molecule has 16 heavy (non-hydrogen) atoms. The molecule has 0 aliphatic carbocycles. The second-order valence-electron chi connectivity index (χ2n) is 3.39. The number of guanidine groups is 1. The molecule has 4 nitrogen and oxygen atoms in total. The number of amides is 1. The summed E-state index contributed by atoms with van der Waals surface area (Å²) in [5.74, 6) is -0.706. The van der Waals surface area contributed by atoms with Crippen LogP contribution >= 0.6 is 0 Å². The quantitative estimate of drug-likeness (QED) is 0.495. The first kappa shape index (κ1) is 10.2. The Balaban J connectivity index is 2.52. The molecule has 0 aromatic heterocycles. The van der Waals surface area contributed by atoms with Crippen LogP contribution < -0.4 is 11.1 Å². The SMILES string of the molecule is N=C(N)NC(=O)c1cccc2ccccc12. The van der Waals surface area contributed by atoms with Gasteiger partial charge in [0.15, 0.2) is 5.96 Å². The van der Waals surface area contributed by atoms with Gasteiger partial charge in [-0.3, -0.25) is 15.5 Å². The van der Waals surface area contributed by atoms with Crippen molar-refractivity contribution in [1.82, 2.24) is 5.32 Å². The van der Waals surface area contributed by atoms with Crippen LogP contribution in [-0.2, 0) is 0 Å². The zero-order valence-electron chi connectivity index (χ0n) is 8.53. The highest BCUT2D eigenvalue weighted by Crippen LogP contribution is 2.18. The number of hydrogen-bond donors (Lipinski definition) is 3. The Hall–Kier alpha value is -2.36. The van der Waals surface area contributed by atoms with Crippen LogP contribution in [0.3, 0.4) is 0 Å². The van der Waals surface area contributed by atoms with Gasteiger partial charge in [0.25, 0.3) is 5.91 Å². The van der Waals surface area contributed by atoms with Crippen LogP contribution in [0.1, 0.15) is 10.4 Å². The van der Waals surface area contributed by atoms with Crippen LogP contribution in [0.4, 0.5) is 0 Å². The van der Waals surface area contributed by atoms with Gasteiger partial charge in [-0.1, -0.05) is 36.4 Å². The van der Waals surface area contributed by atoms with Crippen LogP contribution in [0.25, 0.3) is 10.8 Å². The van der Waals surface area contributed by atoms with Crippen molar-refractivity contribution in [3.05, 3.63) is 48.0 Å². The lowest BCUT2D eigenvalue weighted by Gasteiger charge is -2.06. The summed E-state index contributed by atoms with van der Waals surface area (Å²) >= 11 is 0. The Morgan fingerprint density at radius 2 is 1.81 bits per heavy atom. The second kappa shape index (κ2) is 4.02. The third-order valence-electron chi connectivity index (χ3n) is 2.28. The van der Waals surface area contributed by atoms with Crippen molar-refractivity contribution in [3.63, 3.8) is 0 Å². The summed E-state index contributed by atoms with van der Waals surface area (Å²) in [4.78, 5) is 11.7. The van der Waals surface area contributed by atoms with Gasteiger partial charge in [-0.2, -0.15) is 0 Å². The van der Waals surface area contributed by atoms with E-state index in [1.807, 2.05) is 30.3 Å². The summed E-state index contributed by atoms with van der Waals surface area (Å²) in [6.07, 6.45) is 0. The Bertz CT molecular complexity index is 558. The average molecular weight is 213 g/mol. The molecule has 0 aliphatic rings. The molecule has 2 aromatic rings. The number of rotatable bonds is 1. The fourth-order valence-electron chi connectivity index (χ4n) is 1.61. The van der Waals surface area contributed by atoms with E-state index in [1.165, 1.54) is 0 Å². The summed E-state index contributed by atoms with van der Waals surface area (Å²) in [7, 11) is 0. The number of nitrogens with one attached hydrogen (secondary N) is 2. The number of carbonyl (C=O) groups is 1. The molecule has 0 radical (unpaired) electrons. The van der Waals surface area contributed by atoms with E-state index in [9.17, 15) is 4.79 Å². The molecule has 0 unspecified atom stereocenters. The highest BCUT2D eigenvalue weighted by atomic mass is 16.1. The maximum atomic E-state index is 11.7. The first-order chi connectivity index (χ1) is 7.68. The molecule has 0 fully saturated rings. The number of hydrogen-bond acceptors (Lipinski definition) is 2. The Labute approximate surface area is 92.6 Å². The Kier molecular flexibility index (Phi) is 2.55. The molecule has 2 aromatic carbocycles. The van der Waals surface area contributed by atoms with Gasteiger partial charge in [-0.05, 0) is 16.8 Å². The first-order valence-corrected chi connectivity index (χ1v) is 4.81. The largest absolute Gasteiger partial charge is 0.370 e. The van der Waals surface area contributed by atoms with Gasteiger partial charge in [0, 0.05) is 5.56 Å². The van der Waals surface area contributed by atoms with E-state index in [1.54, 1.807) is 12.1 Å². The molecule has 1 amide bonds. The molecule has 80 valence electrons. The Morgan fingerprint density at radius 1 is 1.12 bits per heavy atom. The monoisotopic (exact) mass is 213 g/mol. The second-order valence-corrected chi connectivity index (χ2v) is 3.39. The van der Waals surface area contributed by atoms with Crippen molar-refractivity contribution in [1.29, 1.82) is 5.41 Å². The van der Waals surface area contributed by atoms with Crippen molar-refractivity contribution < 1.29 is 4.79 Å². The van der Waals surface area contributed by atoms with Gasteiger partial charge < -0.3 is 5.73 Å². The van der Waals surface area contributed by atoms with Gasteiger partial charge in [-0.15, -0.1) is 0 Å². The van der Waals surface area contributed by atoms with E-state index in [2.05, 4.69) is 5.32 Å². The highest BCUT2D eigenvalue weighted by Gasteiger charge is 2.09. The van der Waals surface area contributed by atoms with E-state index in [4.69, 9.17) is 11.1 Å². The minimum Gasteiger partial charge on any atom is -0.370 e.